The molecular weight excluding hydrogens is 433 g/mol. The minimum Gasteiger partial charge on any atom is -0.340 e. The molecule has 1 saturated heterocycles. The van der Waals surface area contributed by atoms with Crippen LogP contribution in [0.1, 0.15) is 12.5 Å². The summed E-state index contributed by atoms with van der Waals surface area (Å²) in [6.07, 6.45) is 0.281. The van der Waals surface area contributed by atoms with E-state index in [1.165, 1.54) is 0 Å². The van der Waals surface area contributed by atoms with E-state index in [0.717, 1.165) is 5.56 Å². The Bertz CT molecular complexity index is 898. The molecule has 1 aliphatic heterocycles. The lowest BCUT2D eigenvalue weighted by atomic mass is 10.1. The van der Waals surface area contributed by atoms with Crippen LogP contribution in [0.5, 0.6) is 0 Å². The van der Waals surface area contributed by atoms with Gasteiger partial charge in [-0.3, -0.25) is 14.5 Å². The Morgan fingerprint density at radius 1 is 0.966 bits per heavy atom. The lowest BCUT2D eigenvalue weighted by molar-refractivity contribution is -0.133. The molecule has 0 aliphatic carbocycles. The highest BCUT2D eigenvalue weighted by Gasteiger charge is 2.28. The molecule has 5 nitrogen and oxygen atoms in total. The summed E-state index contributed by atoms with van der Waals surface area (Å²) in [5, 5.41) is 4.15. The van der Waals surface area contributed by atoms with E-state index in [1.807, 2.05) is 34.9 Å². The number of benzene rings is 2. The quantitative estimate of drug-likeness (QED) is 0.730. The number of amides is 2. The number of anilines is 1. The van der Waals surface area contributed by atoms with Crippen molar-refractivity contribution in [2.45, 2.75) is 19.4 Å². The van der Waals surface area contributed by atoms with E-state index in [1.54, 1.807) is 24.3 Å². The highest BCUT2D eigenvalue weighted by atomic mass is 35.5. The summed E-state index contributed by atoms with van der Waals surface area (Å²) in [4.78, 5) is 29.1. The van der Waals surface area contributed by atoms with Crippen LogP contribution in [0.4, 0.5) is 5.69 Å². The lowest BCUT2D eigenvalue weighted by Crippen LogP contribution is -2.54. The van der Waals surface area contributed by atoms with Crippen LogP contribution in [-0.4, -0.2) is 53.8 Å². The molecule has 2 amide bonds. The predicted octanol–water partition coefficient (Wildman–Crippen LogP) is 4.36. The molecule has 3 rings (SSSR count). The number of rotatable bonds is 5. The fraction of sp³-hybridized carbons (Fsp3) is 0.333. The molecule has 8 heteroatoms. The summed E-state index contributed by atoms with van der Waals surface area (Å²) in [5.74, 6) is -0.120. The van der Waals surface area contributed by atoms with Crippen molar-refractivity contribution in [2.75, 3.05) is 31.5 Å². The molecule has 2 aromatic carbocycles. The van der Waals surface area contributed by atoms with Crippen molar-refractivity contribution in [3.8, 4) is 0 Å². The number of hydrogen-bond donors (Lipinski definition) is 1. The number of hydrogen-bond acceptors (Lipinski definition) is 3. The second-order valence-electron chi connectivity index (χ2n) is 6.95. The Kier molecular flexibility index (Phi) is 7.41. The van der Waals surface area contributed by atoms with Crippen LogP contribution in [0, 0.1) is 0 Å². The van der Waals surface area contributed by atoms with Crippen molar-refractivity contribution >= 4 is 52.3 Å². The SMILES string of the molecule is CC(C(=O)Nc1cccc(Cl)c1Cl)N1CCN(C(=O)Cc2ccccc2Cl)CC1. The minimum atomic E-state index is -0.356. The number of nitrogens with one attached hydrogen (secondary N) is 1. The normalized spacial score (nSPS) is 15.8. The molecule has 154 valence electrons. The summed E-state index contributed by atoms with van der Waals surface area (Å²) >= 11 is 18.3. The first-order valence-corrected chi connectivity index (χ1v) is 10.5. The molecule has 29 heavy (non-hydrogen) atoms. The van der Waals surface area contributed by atoms with Crippen molar-refractivity contribution in [3.05, 3.63) is 63.1 Å². The maximum atomic E-state index is 12.6. The molecule has 0 aromatic heterocycles. The zero-order chi connectivity index (χ0) is 21.0. The highest BCUT2D eigenvalue weighted by molar-refractivity contribution is 6.44. The second-order valence-corrected chi connectivity index (χ2v) is 8.14. The van der Waals surface area contributed by atoms with Crippen LogP contribution in [0.2, 0.25) is 15.1 Å². The lowest BCUT2D eigenvalue weighted by Gasteiger charge is -2.37. The molecule has 1 fully saturated rings. The molecule has 1 heterocycles. The Morgan fingerprint density at radius 2 is 1.62 bits per heavy atom. The smallest absolute Gasteiger partial charge is 0.241 e. The molecular formula is C21H22Cl3N3O2. The highest BCUT2D eigenvalue weighted by Crippen LogP contribution is 2.29. The monoisotopic (exact) mass is 453 g/mol. The van der Waals surface area contributed by atoms with Gasteiger partial charge in [0.05, 0.1) is 28.2 Å². The van der Waals surface area contributed by atoms with Crippen LogP contribution < -0.4 is 5.32 Å². The van der Waals surface area contributed by atoms with Gasteiger partial charge in [0, 0.05) is 31.2 Å². The number of halogens is 3. The Hall–Kier alpha value is -1.79. The summed E-state index contributed by atoms with van der Waals surface area (Å²) in [7, 11) is 0. The molecule has 0 saturated carbocycles. The Labute approximate surface area is 185 Å². The largest absolute Gasteiger partial charge is 0.340 e. The van der Waals surface area contributed by atoms with E-state index in [4.69, 9.17) is 34.8 Å². The van der Waals surface area contributed by atoms with Crippen molar-refractivity contribution in [1.82, 2.24) is 9.80 Å². The number of piperazine rings is 1. The van der Waals surface area contributed by atoms with Gasteiger partial charge in [-0.2, -0.15) is 0 Å². The summed E-state index contributed by atoms with van der Waals surface area (Å²) in [6.45, 7) is 4.21. The maximum Gasteiger partial charge on any atom is 0.241 e. The average Bonchev–Trinajstić information content (AvgIpc) is 2.72. The molecule has 0 spiro atoms. The minimum absolute atomic E-state index is 0.0422. The van der Waals surface area contributed by atoms with Crippen LogP contribution in [0.3, 0.4) is 0 Å². The van der Waals surface area contributed by atoms with Crippen LogP contribution in [0.25, 0.3) is 0 Å². The van der Waals surface area contributed by atoms with Crippen LogP contribution in [0.15, 0.2) is 42.5 Å². The molecule has 2 aromatic rings. The summed E-state index contributed by atoms with van der Waals surface area (Å²) in [5.41, 5.74) is 1.32. The van der Waals surface area contributed by atoms with E-state index in [0.29, 0.717) is 46.9 Å². The van der Waals surface area contributed by atoms with Crippen molar-refractivity contribution < 1.29 is 9.59 Å². The molecule has 1 unspecified atom stereocenters. The topological polar surface area (TPSA) is 52.7 Å². The third-order valence-corrected chi connectivity index (χ3v) is 6.29. The molecule has 1 atom stereocenters. The van der Waals surface area contributed by atoms with Gasteiger partial charge in [0.15, 0.2) is 0 Å². The third kappa shape index (κ3) is 5.43. The summed E-state index contributed by atoms with van der Waals surface area (Å²) in [6, 6.07) is 12.1. The zero-order valence-corrected chi connectivity index (χ0v) is 18.3. The predicted molar refractivity (Wildman–Crippen MR) is 118 cm³/mol. The first kappa shape index (κ1) is 21.9. The fourth-order valence-electron chi connectivity index (χ4n) is 3.28. The summed E-state index contributed by atoms with van der Waals surface area (Å²) < 4.78 is 0. The Balaban J connectivity index is 1.53. The number of carbonyl (C=O) groups is 2. The Morgan fingerprint density at radius 3 is 2.31 bits per heavy atom. The van der Waals surface area contributed by atoms with Crippen LogP contribution in [-0.2, 0) is 16.0 Å². The molecule has 1 N–H and O–H groups in total. The fourth-order valence-corrected chi connectivity index (χ4v) is 3.83. The standard InChI is InChI=1S/C21H22Cl3N3O2/c1-14(21(29)25-18-8-4-7-17(23)20(18)24)26-9-11-27(12-10-26)19(28)13-15-5-2-3-6-16(15)22/h2-8,14H,9-13H2,1H3,(H,25,29). The van der Waals surface area contributed by atoms with E-state index in [9.17, 15) is 9.59 Å². The van der Waals surface area contributed by atoms with Crippen molar-refractivity contribution in [2.24, 2.45) is 0 Å². The van der Waals surface area contributed by atoms with Gasteiger partial charge in [0.1, 0.15) is 0 Å². The van der Waals surface area contributed by atoms with E-state index in [-0.39, 0.29) is 24.3 Å². The van der Waals surface area contributed by atoms with Gasteiger partial charge in [-0.15, -0.1) is 0 Å². The van der Waals surface area contributed by atoms with Gasteiger partial charge in [-0.05, 0) is 30.7 Å². The zero-order valence-electron chi connectivity index (χ0n) is 16.0. The van der Waals surface area contributed by atoms with Gasteiger partial charge >= 0.3 is 0 Å². The number of carbonyl (C=O) groups excluding carboxylic acids is 2. The van der Waals surface area contributed by atoms with E-state index >= 15 is 0 Å². The molecule has 0 bridgehead atoms. The van der Waals surface area contributed by atoms with Crippen LogP contribution >= 0.6 is 34.8 Å². The maximum absolute atomic E-state index is 12.6. The van der Waals surface area contributed by atoms with Gasteiger partial charge in [-0.1, -0.05) is 59.1 Å². The molecule has 0 radical (unpaired) electrons. The van der Waals surface area contributed by atoms with Gasteiger partial charge in [-0.25, -0.2) is 0 Å². The second kappa shape index (κ2) is 9.81. The third-order valence-electron chi connectivity index (χ3n) is 5.10. The molecule has 1 aliphatic rings. The van der Waals surface area contributed by atoms with Gasteiger partial charge in [0.25, 0.3) is 0 Å². The van der Waals surface area contributed by atoms with E-state index < -0.39 is 0 Å². The average molecular weight is 455 g/mol. The first-order valence-electron chi connectivity index (χ1n) is 9.37. The van der Waals surface area contributed by atoms with Gasteiger partial charge in [0.2, 0.25) is 11.8 Å². The number of nitrogens with zero attached hydrogens (tertiary/aromatic N) is 2. The van der Waals surface area contributed by atoms with E-state index in [2.05, 4.69) is 5.32 Å². The van der Waals surface area contributed by atoms with Crippen molar-refractivity contribution in [3.63, 3.8) is 0 Å². The first-order chi connectivity index (χ1) is 13.9. The van der Waals surface area contributed by atoms with Crippen molar-refractivity contribution in [1.29, 1.82) is 0 Å². The van der Waals surface area contributed by atoms with Gasteiger partial charge < -0.3 is 10.2 Å².